The van der Waals surface area contributed by atoms with Gasteiger partial charge in [0, 0.05) is 23.5 Å². The summed E-state index contributed by atoms with van der Waals surface area (Å²) in [6.45, 7) is 0. The number of hydrogen-bond donors (Lipinski definition) is 2. The Hall–Kier alpha value is -1.45. The zero-order valence-corrected chi connectivity index (χ0v) is 11.9. The van der Waals surface area contributed by atoms with E-state index in [1.165, 1.54) is 0 Å². The monoisotopic (exact) mass is 291 g/mol. The maximum absolute atomic E-state index is 10.8. The number of rotatable bonds is 2. The fourth-order valence-corrected chi connectivity index (χ4v) is 3.18. The lowest BCUT2D eigenvalue weighted by atomic mass is 9.77. The van der Waals surface area contributed by atoms with Crippen LogP contribution in [0.25, 0.3) is 0 Å². The molecule has 0 radical (unpaired) electrons. The maximum atomic E-state index is 10.8. The van der Waals surface area contributed by atoms with Gasteiger partial charge in [-0.15, -0.1) is 0 Å². The number of nitrogens with zero attached hydrogens (tertiary/aromatic N) is 1. The van der Waals surface area contributed by atoms with Gasteiger partial charge in [-0.2, -0.15) is 0 Å². The van der Waals surface area contributed by atoms with Crippen molar-refractivity contribution in [2.75, 3.05) is 0 Å². The van der Waals surface area contributed by atoms with Crippen molar-refractivity contribution in [2.24, 2.45) is 0 Å². The molecule has 0 spiro atoms. The third kappa shape index (κ3) is 2.56. The van der Waals surface area contributed by atoms with Gasteiger partial charge in [-0.1, -0.05) is 23.7 Å². The van der Waals surface area contributed by atoms with Crippen LogP contribution in [0.4, 0.5) is 0 Å². The first-order chi connectivity index (χ1) is 9.57. The molecule has 1 fully saturated rings. The largest absolute Gasteiger partial charge is 0.506 e. The smallest absolute Gasteiger partial charge is 0.133 e. The summed E-state index contributed by atoms with van der Waals surface area (Å²) in [4.78, 5) is 0. The van der Waals surface area contributed by atoms with Crippen molar-refractivity contribution >= 4 is 11.6 Å². The molecular weight excluding hydrogens is 274 g/mol. The molecule has 20 heavy (non-hydrogen) atoms. The van der Waals surface area contributed by atoms with Crippen molar-refractivity contribution < 1.29 is 10.2 Å². The molecule has 1 aromatic heterocycles. The minimum atomic E-state index is -0.754. The minimum Gasteiger partial charge on any atom is -0.506 e. The van der Waals surface area contributed by atoms with E-state index in [0.717, 1.165) is 31.2 Å². The van der Waals surface area contributed by atoms with Crippen molar-refractivity contribution in [3.8, 4) is 5.75 Å². The van der Waals surface area contributed by atoms with E-state index in [1.807, 2.05) is 35.0 Å². The molecular formula is C16H18ClNO2. The van der Waals surface area contributed by atoms with Crippen molar-refractivity contribution in [1.29, 1.82) is 0 Å². The number of hydrogen-bond acceptors (Lipinski definition) is 2. The Balaban J connectivity index is 1.72. The number of aromatic nitrogens is 1. The second-order valence-corrected chi connectivity index (χ2v) is 6.02. The van der Waals surface area contributed by atoms with Crippen LogP contribution in [0.15, 0.2) is 42.7 Å². The van der Waals surface area contributed by atoms with E-state index in [2.05, 4.69) is 0 Å². The molecule has 1 aromatic carbocycles. The summed E-state index contributed by atoms with van der Waals surface area (Å²) in [6.07, 6.45) is 6.88. The lowest BCUT2D eigenvalue weighted by molar-refractivity contribution is -0.0123. The summed E-state index contributed by atoms with van der Waals surface area (Å²) in [6, 6.07) is 9.51. The van der Waals surface area contributed by atoms with E-state index >= 15 is 0 Å². The summed E-state index contributed by atoms with van der Waals surface area (Å²) >= 11 is 5.89. The molecule has 2 aromatic rings. The second-order valence-electron chi connectivity index (χ2n) is 5.59. The van der Waals surface area contributed by atoms with Gasteiger partial charge in [0.2, 0.25) is 0 Å². The Morgan fingerprint density at radius 3 is 2.30 bits per heavy atom. The number of aliphatic hydroxyl groups is 1. The summed E-state index contributed by atoms with van der Waals surface area (Å²) < 4.78 is 2.04. The van der Waals surface area contributed by atoms with Crippen molar-refractivity contribution in [1.82, 2.24) is 4.57 Å². The average molecular weight is 292 g/mol. The van der Waals surface area contributed by atoms with Gasteiger partial charge in [0.1, 0.15) is 5.75 Å². The SMILES string of the molecule is Oc1ccn(C2CCC(O)(c3ccc(Cl)cc3)CC2)c1. The molecule has 1 aliphatic rings. The van der Waals surface area contributed by atoms with E-state index in [4.69, 9.17) is 11.6 Å². The zero-order valence-electron chi connectivity index (χ0n) is 11.2. The Kier molecular flexibility index (Phi) is 3.48. The normalized spacial score (nSPS) is 26.6. The van der Waals surface area contributed by atoms with Crippen LogP contribution in [0.1, 0.15) is 37.3 Å². The van der Waals surface area contributed by atoms with Gasteiger partial charge in [0.15, 0.2) is 0 Å². The van der Waals surface area contributed by atoms with Gasteiger partial charge in [-0.05, 0) is 49.4 Å². The molecule has 3 rings (SSSR count). The highest BCUT2D eigenvalue weighted by atomic mass is 35.5. The van der Waals surface area contributed by atoms with Crippen molar-refractivity contribution in [3.63, 3.8) is 0 Å². The zero-order chi connectivity index (χ0) is 14.2. The first kappa shape index (κ1) is 13.5. The predicted molar refractivity (Wildman–Crippen MR) is 79.0 cm³/mol. The number of aromatic hydroxyl groups is 1. The number of benzene rings is 1. The molecule has 3 nitrogen and oxygen atoms in total. The minimum absolute atomic E-state index is 0.295. The average Bonchev–Trinajstić information content (AvgIpc) is 2.87. The van der Waals surface area contributed by atoms with Crippen LogP contribution in [0.3, 0.4) is 0 Å². The van der Waals surface area contributed by atoms with Crippen LogP contribution in [0, 0.1) is 0 Å². The summed E-state index contributed by atoms with van der Waals surface area (Å²) in [5.41, 5.74) is 0.187. The molecule has 2 N–H and O–H groups in total. The molecule has 106 valence electrons. The lowest BCUT2D eigenvalue weighted by Crippen LogP contribution is -2.32. The molecule has 1 heterocycles. The van der Waals surface area contributed by atoms with Gasteiger partial charge in [-0.25, -0.2) is 0 Å². The Bertz CT molecular complexity index is 583. The molecule has 1 aliphatic carbocycles. The van der Waals surface area contributed by atoms with Crippen LogP contribution in [0.2, 0.25) is 5.02 Å². The molecule has 1 saturated carbocycles. The number of halogens is 1. The lowest BCUT2D eigenvalue weighted by Gasteiger charge is -2.37. The van der Waals surface area contributed by atoms with Crippen LogP contribution in [-0.4, -0.2) is 14.8 Å². The van der Waals surface area contributed by atoms with Gasteiger partial charge < -0.3 is 14.8 Å². The van der Waals surface area contributed by atoms with Crippen molar-refractivity contribution in [2.45, 2.75) is 37.3 Å². The fourth-order valence-electron chi connectivity index (χ4n) is 3.06. The van der Waals surface area contributed by atoms with Gasteiger partial charge in [0.25, 0.3) is 0 Å². The predicted octanol–water partition coefficient (Wildman–Crippen LogP) is 3.85. The van der Waals surface area contributed by atoms with E-state index in [1.54, 1.807) is 12.3 Å². The second kappa shape index (κ2) is 5.15. The van der Waals surface area contributed by atoms with Gasteiger partial charge in [0.05, 0.1) is 5.60 Å². The third-order valence-electron chi connectivity index (χ3n) is 4.28. The van der Waals surface area contributed by atoms with E-state index in [-0.39, 0.29) is 0 Å². The summed E-state index contributed by atoms with van der Waals surface area (Å²) in [5.74, 6) is 0.295. The molecule has 0 atom stereocenters. The van der Waals surface area contributed by atoms with Gasteiger partial charge in [-0.3, -0.25) is 0 Å². The van der Waals surface area contributed by atoms with E-state index in [9.17, 15) is 10.2 Å². The van der Waals surface area contributed by atoms with Gasteiger partial charge >= 0.3 is 0 Å². The fraction of sp³-hybridized carbons (Fsp3) is 0.375. The maximum Gasteiger partial charge on any atom is 0.133 e. The highest BCUT2D eigenvalue weighted by molar-refractivity contribution is 6.30. The Morgan fingerprint density at radius 1 is 1.10 bits per heavy atom. The third-order valence-corrected chi connectivity index (χ3v) is 4.54. The Labute approximate surface area is 123 Å². The molecule has 0 saturated heterocycles. The highest BCUT2D eigenvalue weighted by Crippen LogP contribution is 2.41. The van der Waals surface area contributed by atoms with Crippen LogP contribution in [0.5, 0.6) is 5.75 Å². The quantitative estimate of drug-likeness (QED) is 0.883. The molecule has 0 bridgehead atoms. The highest BCUT2D eigenvalue weighted by Gasteiger charge is 2.35. The van der Waals surface area contributed by atoms with E-state index < -0.39 is 5.60 Å². The van der Waals surface area contributed by atoms with Crippen LogP contribution >= 0.6 is 11.6 Å². The molecule has 4 heteroatoms. The summed E-state index contributed by atoms with van der Waals surface area (Å²) in [5, 5.41) is 20.9. The molecule has 0 amide bonds. The molecule has 0 aliphatic heterocycles. The molecule has 0 unspecified atom stereocenters. The first-order valence-corrected chi connectivity index (χ1v) is 7.29. The van der Waals surface area contributed by atoms with E-state index in [0.29, 0.717) is 16.8 Å². The standard InChI is InChI=1S/C16H18ClNO2/c17-13-3-1-12(2-4-13)16(20)8-5-14(6-9-16)18-10-7-15(19)11-18/h1-4,7,10-11,14,19-20H,5-6,8-9H2. The Morgan fingerprint density at radius 2 is 1.75 bits per heavy atom. The van der Waals surface area contributed by atoms with Crippen LogP contribution < -0.4 is 0 Å². The van der Waals surface area contributed by atoms with Crippen molar-refractivity contribution in [3.05, 3.63) is 53.3 Å². The summed E-state index contributed by atoms with van der Waals surface area (Å²) in [7, 11) is 0. The van der Waals surface area contributed by atoms with Crippen LogP contribution in [-0.2, 0) is 5.60 Å². The topological polar surface area (TPSA) is 45.4 Å². The first-order valence-electron chi connectivity index (χ1n) is 6.92.